The van der Waals surface area contributed by atoms with E-state index in [-0.39, 0.29) is 53.0 Å². The van der Waals surface area contributed by atoms with Crippen molar-refractivity contribution < 1.29 is 28.9 Å². The van der Waals surface area contributed by atoms with Crippen molar-refractivity contribution in [3.8, 4) is 5.75 Å². The number of halogens is 2. The lowest BCUT2D eigenvalue weighted by Crippen LogP contribution is -2.39. The molecule has 32 heavy (non-hydrogen) atoms. The molecule has 1 saturated heterocycles. The van der Waals surface area contributed by atoms with E-state index in [0.717, 1.165) is 25.1 Å². The van der Waals surface area contributed by atoms with E-state index in [1.807, 2.05) is 23.9 Å². The van der Waals surface area contributed by atoms with Gasteiger partial charge in [-0.1, -0.05) is 0 Å². The number of aliphatic hydroxyl groups excluding tert-OH is 1. The third-order valence-electron chi connectivity index (χ3n) is 5.56. The molecule has 1 aliphatic heterocycles. The lowest BCUT2D eigenvalue weighted by atomic mass is 10.1. The summed E-state index contributed by atoms with van der Waals surface area (Å²) < 4.78 is 26.0. The van der Waals surface area contributed by atoms with Crippen LogP contribution >= 0.6 is 12.4 Å². The smallest absolute Gasteiger partial charge is 0.341 e. The van der Waals surface area contributed by atoms with Gasteiger partial charge < -0.3 is 34.5 Å². The molecule has 0 spiro atoms. The van der Waals surface area contributed by atoms with Gasteiger partial charge in [0.1, 0.15) is 11.3 Å². The first-order valence-corrected chi connectivity index (χ1v) is 9.97. The fraction of sp³-hybridized carbons (Fsp3) is 0.524. The summed E-state index contributed by atoms with van der Waals surface area (Å²) in [5.74, 6) is -1.87. The summed E-state index contributed by atoms with van der Waals surface area (Å²) in [4.78, 5) is 30.2. The summed E-state index contributed by atoms with van der Waals surface area (Å²) in [6.07, 6.45) is 3.15. The average Bonchev–Trinajstić information content (AvgIpc) is 3.38. The molecular formula is C21H29ClFN3O6. The van der Waals surface area contributed by atoms with Gasteiger partial charge in [0.05, 0.1) is 36.3 Å². The number of hydrogen-bond donors (Lipinski definition) is 3. The van der Waals surface area contributed by atoms with Crippen LogP contribution in [0.25, 0.3) is 10.9 Å². The molecule has 1 aromatic heterocycles. The summed E-state index contributed by atoms with van der Waals surface area (Å²) in [6, 6.07) is 1.12. The maximum absolute atomic E-state index is 15.0. The highest BCUT2D eigenvalue weighted by Gasteiger charge is 2.37. The molecule has 3 N–H and O–H groups in total. The first-order chi connectivity index (χ1) is 14.7. The monoisotopic (exact) mass is 473 g/mol. The summed E-state index contributed by atoms with van der Waals surface area (Å²) >= 11 is 0. The molecule has 0 radical (unpaired) electrons. The number of fused-ring (bicyclic) bond motifs is 1. The predicted octanol–water partition coefficient (Wildman–Crippen LogP) is 1.70. The molecule has 2 aliphatic rings. The number of likely N-dealkylation sites (N-methyl/N-ethyl adjacent to an activating group) is 1. The normalized spacial score (nSPS) is 20.0. The minimum absolute atomic E-state index is 0. The molecule has 178 valence electrons. The second kappa shape index (κ2) is 10.5. The van der Waals surface area contributed by atoms with E-state index in [0.29, 0.717) is 13.1 Å². The predicted molar refractivity (Wildman–Crippen MR) is 121 cm³/mol. The molecule has 1 aromatic carbocycles. The van der Waals surface area contributed by atoms with E-state index in [1.54, 1.807) is 7.11 Å². The molecule has 4 rings (SSSR count). The van der Waals surface area contributed by atoms with E-state index in [9.17, 15) is 9.59 Å². The molecule has 0 amide bonds. The Kier molecular flexibility index (Phi) is 8.47. The zero-order valence-corrected chi connectivity index (χ0v) is 19.2. The van der Waals surface area contributed by atoms with Crippen LogP contribution < -0.4 is 15.1 Å². The largest absolute Gasteiger partial charge is 0.492 e. The maximum Gasteiger partial charge on any atom is 0.341 e. The van der Waals surface area contributed by atoms with Crippen LogP contribution in [-0.2, 0) is 4.74 Å². The van der Waals surface area contributed by atoms with Crippen LogP contribution in [0, 0.1) is 5.82 Å². The molecule has 1 aliphatic carbocycles. The number of methoxy groups -OCH3 is 2. The highest BCUT2D eigenvalue weighted by Crippen LogP contribution is 2.39. The number of nitrogens with one attached hydrogen (secondary N) is 1. The highest BCUT2D eigenvalue weighted by molar-refractivity contribution is 5.96. The number of H-pyrrole nitrogens is 1. The van der Waals surface area contributed by atoms with Gasteiger partial charge in [0, 0.05) is 26.4 Å². The Morgan fingerprint density at radius 3 is 2.34 bits per heavy atom. The number of anilines is 1. The van der Waals surface area contributed by atoms with Crippen LogP contribution in [0.1, 0.15) is 23.2 Å². The van der Waals surface area contributed by atoms with Crippen LogP contribution in [0.2, 0.25) is 0 Å². The second-order valence-electron chi connectivity index (χ2n) is 7.94. The van der Waals surface area contributed by atoms with Gasteiger partial charge in [-0.3, -0.25) is 4.79 Å². The number of carboxylic acids is 1. The number of pyridine rings is 1. The SMILES string of the molecule is COc1c(N2CC(OC)C(N(C)C)C2)c(F)cc2c(=O)c(C(=O)O)c[nH]c12.Cl.OC1CC1. The standard InChI is InChI=1S/C18H22FN3O5.C3H6O.ClH/c1-21(2)12-7-22(8-13(12)26-3)15-11(19)5-9-14(17(15)27-4)20-6-10(16(9)23)18(24)25;4-3-1-2-3;/h5-6,12-13H,7-8H2,1-4H3,(H,20,23)(H,24,25);3-4H,1-2H2;1H. The van der Waals surface area contributed by atoms with Gasteiger partial charge in [0.2, 0.25) is 5.43 Å². The first kappa shape index (κ1) is 25.9. The number of aromatic amines is 1. The Morgan fingerprint density at radius 2 is 1.91 bits per heavy atom. The van der Waals surface area contributed by atoms with Crippen molar-refractivity contribution in [2.24, 2.45) is 0 Å². The van der Waals surface area contributed by atoms with Crippen molar-refractivity contribution in [2.75, 3.05) is 46.3 Å². The van der Waals surface area contributed by atoms with Crippen molar-refractivity contribution in [1.82, 2.24) is 9.88 Å². The number of carbonyl (C=O) groups is 1. The van der Waals surface area contributed by atoms with Crippen LogP contribution in [0.15, 0.2) is 17.1 Å². The van der Waals surface area contributed by atoms with Gasteiger partial charge in [-0.15, -0.1) is 12.4 Å². The molecule has 1 saturated carbocycles. The molecule has 11 heteroatoms. The zero-order chi connectivity index (χ0) is 22.9. The number of aromatic nitrogens is 1. The minimum atomic E-state index is -1.38. The Hall–Kier alpha value is -2.40. The average molecular weight is 474 g/mol. The molecular weight excluding hydrogens is 445 g/mol. The van der Waals surface area contributed by atoms with Crippen molar-refractivity contribution in [3.05, 3.63) is 33.9 Å². The van der Waals surface area contributed by atoms with E-state index in [4.69, 9.17) is 19.7 Å². The number of rotatable bonds is 5. The number of nitrogens with zero attached hydrogens (tertiary/aromatic N) is 2. The Labute approximate surface area is 191 Å². The van der Waals surface area contributed by atoms with Gasteiger partial charge >= 0.3 is 5.97 Å². The Bertz CT molecular complexity index is 1030. The molecule has 2 aromatic rings. The van der Waals surface area contributed by atoms with E-state index < -0.39 is 22.8 Å². The van der Waals surface area contributed by atoms with Gasteiger partial charge in [-0.25, -0.2) is 9.18 Å². The number of aliphatic hydroxyl groups is 1. The number of carboxylic acid groups (broad SMARTS) is 1. The second-order valence-corrected chi connectivity index (χ2v) is 7.94. The summed E-state index contributed by atoms with van der Waals surface area (Å²) in [7, 11) is 6.86. The number of ether oxygens (including phenoxy) is 2. The fourth-order valence-electron chi connectivity index (χ4n) is 3.69. The van der Waals surface area contributed by atoms with E-state index in [1.165, 1.54) is 7.11 Å². The maximum atomic E-state index is 15.0. The highest BCUT2D eigenvalue weighted by atomic mass is 35.5. The third kappa shape index (κ3) is 5.15. The van der Waals surface area contributed by atoms with E-state index >= 15 is 4.39 Å². The quantitative estimate of drug-likeness (QED) is 0.601. The van der Waals surface area contributed by atoms with Gasteiger partial charge in [-0.2, -0.15) is 0 Å². The van der Waals surface area contributed by atoms with Gasteiger partial charge in [0.25, 0.3) is 0 Å². The summed E-state index contributed by atoms with van der Waals surface area (Å²) in [6.45, 7) is 0.970. The van der Waals surface area contributed by atoms with Crippen molar-refractivity contribution in [3.63, 3.8) is 0 Å². The van der Waals surface area contributed by atoms with Crippen LogP contribution in [0.4, 0.5) is 10.1 Å². The molecule has 2 heterocycles. The van der Waals surface area contributed by atoms with Gasteiger partial charge in [-0.05, 0) is 33.0 Å². The van der Waals surface area contributed by atoms with Crippen LogP contribution in [0.3, 0.4) is 0 Å². The van der Waals surface area contributed by atoms with Gasteiger partial charge in [0.15, 0.2) is 11.6 Å². The number of benzene rings is 1. The first-order valence-electron chi connectivity index (χ1n) is 9.97. The lowest BCUT2D eigenvalue weighted by molar-refractivity contribution is 0.0639. The fourth-order valence-corrected chi connectivity index (χ4v) is 3.69. The lowest BCUT2D eigenvalue weighted by Gasteiger charge is -2.24. The Morgan fingerprint density at radius 1 is 1.28 bits per heavy atom. The van der Waals surface area contributed by atoms with Crippen molar-refractivity contribution in [2.45, 2.75) is 31.1 Å². The van der Waals surface area contributed by atoms with Crippen molar-refractivity contribution in [1.29, 1.82) is 0 Å². The summed E-state index contributed by atoms with van der Waals surface area (Å²) in [5, 5.41) is 17.2. The number of hydrogen-bond acceptors (Lipinski definition) is 7. The Balaban J connectivity index is 0.000000654. The molecule has 2 fully saturated rings. The molecule has 9 nitrogen and oxygen atoms in total. The minimum Gasteiger partial charge on any atom is -0.492 e. The van der Waals surface area contributed by atoms with E-state index in [2.05, 4.69) is 4.98 Å². The zero-order valence-electron chi connectivity index (χ0n) is 18.4. The van der Waals surface area contributed by atoms with Crippen LogP contribution in [0.5, 0.6) is 5.75 Å². The summed E-state index contributed by atoms with van der Waals surface area (Å²) in [5.41, 5.74) is -0.742. The molecule has 2 atom stereocenters. The molecule has 0 bridgehead atoms. The van der Waals surface area contributed by atoms with Crippen LogP contribution in [-0.4, -0.2) is 85.7 Å². The number of aromatic carboxylic acids is 1. The van der Waals surface area contributed by atoms with Crippen molar-refractivity contribution >= 4 is 35.0 Å². The molecule has 2 unspecified atom stereocenters. The topological polar surface area (TPSA) is 115 Å². The third-order valence-corrected chi connectivity index (χ3v) is 5.56.